The lowest BCUT2D eigenvalue weighted by atomic mass is 10.2. The number of allylic oxidation sites excluding steroid dienone is 3. The molecule has 0 aromatic heterocycles. The number of rotatable bonds is 4. The summed E-state index contributed by atoms with van der Waals surface area (Å²) in [5, 5.41) is 0. The molecule has 0 unspecified atom stereocenters. The fourth-order valence-electron chi connectivity index (χ4n) is 0.502. The van der Waals surface area contributed by atoms with Crippen molar-refractivity contribution >= 4 is 0 Å². The summed E-state index contributed by atoms with van der Waals surface area (Å²) >= 11 is 0. The largest absolute Gasteiger partial charge is 0.100 e. The van der Waals surface area contributed by atoms with Crippen LogP contribution < -0.4 is 0 Å². The maximum atomic E-state index is 3.79. The van der Waals surface area contributed by atoms with Crippen molar-refractivity contribution in [3.8, 4) is 0 Å². The van der Waals surface area contributed by atoms with Gasteiger partial charge in [0.2, 0.25) is 0 Å². The molecule has 0 rings (SSSR count). The number of hydrogen-bond acceptors (Lipinski definition) is 0. The van der Waals surface area contributed by atoms with Crippen LogP contribution in [-0.4, -0.2) is 0 Å². The summed E-state index contributed by atoms with van der Waals surface area (Å²) < 4.78 is 0. The van der Waals surface area contributed by atoms with Crippen LogP contribution in [0.25, 0.3) is 0 Å². The first kappa shape index (κ1) is 8.48. The Morgan fingerprint density at radius 1 is 1.56 bits per heavy atom. The molecule has 0 fully saturated rings. The molecular formula is C9H15. The van der Waals surface area contributed by atoms with Crippen molar-refractivity contribution in [3.05, 3.63) is 30.7 Å². The predicted molar refractivity (Wildman–Crippen MR) is 43.2 cm³/mol. The van der Waals surface area contributed by atoms with Crippen LogP contribution >= 0.6 is 0 Å². The molecule has 0 spiro atoms. The molecule has 0 saturated heterocycles. The summed E-state index contributed by atoms with van der Waals surface area (Å²) in [5.41, 5.74) is 1.22. The van der Waals surface area contributed by atoms with Crippen molar-refractivity contribution in [3.63, 3.8) is 0 Å². The van der Waals surface area contributed by atoms with Crippen LogP contribution in [0.15, 0.2) is 24.3 Å². The van der Waals surface area contributed by atoms with E-state index in [9.17, 15) is 0 Å². The monoisotopic (exact) mass is 123 g/mol. The van der Waals surface area contributed by atoms with Gasteiger partial charge in [0, 0.05) is 0 Å². The van der Waals surface area contributed by atoms with Gasteiger partial charge in [-0.3, -0.25) is 0 Å². The van der Waals surface area contributed by atoms with E-state index in [0.29, 0.717) is 0 Å². The average Bonchev–Trinajstić information content (AvgIpc) is 1.80. The van der Waals surface area contributed by atoms with Crippen LogP contribution in [0.3, 0.4) is 0 Å². The zero-order chi connectivity index (χ0) is 7.11. The highest BCUT2D eigenvalue weighted by Gasteiger charge is 1.80. The van der Waals surface area contributed by atoms with E-state index in [1.807, 2.05) is 6.92 Å². The molecule has 0 atom stereocenters. The van der Waals surface area contributed by atoms with Gasteiger partial charge in [-0.25, -0.2) is 0 Å². The first-order chi connectivity index (χ1) is 4.27. The summed E-state index contributed by atoms with van der Waals surface area (Å²) in [6, 6.07) is 0. The minimum Gasteiger partial charge on any atom is -0.100 e. The molecule has 0 bridgehead atoms. The van der Waals surface area contributed by atoms with Crippen LogP contribution in [-0.2, 0) is 0 Å². The summed E-state index contributed by atoms with van der Waals surface area (Å²) in [6.45, 7) is 7.96. The molecule has 0 heteroatoms. The third-order valence-corrected chi connectivity index (χ3v) is 0.974. The smallest absolute Gasteiger partial charge is 0.0130 e. The molecule has 0 heterocycles. The predicted octanol–water partition coefficient (Wildman–Crippen LogP) is 3.12. The molecule has 0 aliphatic heterocycles. The van der Waals surface area contributed by atoms with E-state index in [2.05, 4.69) is 32.1 Å². The van der Waals surface area contributed by atoms with Gasteiger partial charge in [0.1, 0.15) is 0 Å². The minimum atomic E-state index is 1.01. The zero-order valence-corrected chi connectivity index (χ0v) is 6.35. The first-order valence-corrected chi connectivity index (χ1v) is 3.40. The lowest BCUT2D eigenvalue weighted by molar-refractivity contribution is 1.14. The average molecular weight is 123 g/mol. The first-order valence-electron chi connectivity index (χ1n) is 3.40. The van der Waals surface area contributed by atoms with Crippen molar-refractivity contribution in [2.24, 2.45) is 0 Å². The van der Waals surface area contributed by atoms with Gasteiger partial charge >= 0.3 is 0 Å². The van der Waals surface area contributed by atoms with Crippen molar-refractivity contribution in [1.82, 2.24) is 0 Å². The normalized spacial score (nSPS) is 10.4. The van der Waals surface area contributed by atoms with E-state index in [-0.39, 0.29) is 0 Å². The molecule has 1 radical (unpaired) electrons. The third kappa shape index (κ3) is 7.48. The minimum absolute atomic E-state index is 1.01. The Bertz CT molecular complexity index is 98.6. The van der Waals surface area contributed by atoms with Crippen LogP contribution in [0.2, 0.25) is 0 Å². The summed E-state index contributed by atoms with van der Waals surface area (Å²) in [6.07, 6.45) is 8.49. The van der Waals surface area contributed by atoms with Crippen LogP contribution in [0.4, 0.5) is 0 Å². The lowest BCUT2D eigenvalue weighted by Crippen LogP contribution is -1.71. The van der Waals surface area contributed by atoms with E-state index in [4.69, 9.17) is 0 Å². The van der Waals surface area contributed by atoms with Gasteiger partial charge in [0.15, 0.2) is 0 Å². The Morgan fingerprint density at radius 3 is 2.67 bits per heavy atom. The van der Waals surface area contributed by atoms with Crippen molar-refractivity contribution in [2.45, 2.75) is 26.7 Å². The van der Waals surface area contributed by atoms with Gasteiger partial charge in [0.25, 0.3) is 0 Å². The highest BCUT2D eigenvalue weighted by atomic mass is 13.9. The molecule has 0 saturated carbocycles. The van der Waals surface area contributed by atoms with Gasteiger partial charge in [-0.05, 0) is 26.2 Å². The van der Waals surface area contributed by atoms with Crippen LogP contribution in [0.1, 0.15) is 26.7 Å². The highest BCUT2D eigenvalue weighted by Crippen LogP contribution is 1.99. The molecule has 51 valence electrons. The van der Waals surface area contributed by atoms with Crippen molar-refractivity contribution in [1.29, 1.82) is 0 Å². The molecule has 0 aliphatic carbocycles. The van der Waals surface area contributed by atoms with E-state index in [1.165, 1.54) is 5.57 Å². The maximum Gasteiger partial charge on any atom is -0.0130 e. The fraction of sp³-hybridized carbons (Fsp3) is 0.444. The van der Waals surface area contributed by atoms with Gasteiger partial charge < -0.3 is 0 Å². The zero-order valence-electron chi connectivity index (χ0n) is 6.35. The van der Waals surface area contributed by atoms with E-state index < -0.39 is 0 Å². The highest BCUT2D eigenvalue weighted by molar-refractivity contribution is 5.03. The molecule has 0 amide bonds. The summed E-state index contributed by atoms with van der Waals surface area (Å²) in [5.74, 6) is 0. The van der Waals surface area contributed by atoms with Gasteiger partial charge in [-0.2, -0.15) is 0 Å². The Kier molecular flexibility index (Phi) is 5.29. The molecule has 0 nitrogen and oxygen atoms in total. The fourth-order valence-corrected chi connectivity index (χ4v) is 0.502. The van der Waals surface area contributed by atoms with Gasteiger partial charge in [-0.1, -0.05) is 24.6 Å². The third-order valence-electron chi connectivity index (χ3n) is 0.974. The second kappa shape index (κ2) is 5.61. The van der Waals surface area contributed by atoms with E-state index in [1.54, 1.807) is 0 Å². The summed E-state index contributed by atoms with van der Waals surface area (Å²) in [7, 11) is 0. The van der Waals surface area contributed by atoms with E-state index in [0.717, 1.165) is 12.8 Å². The Morgan fingerprint density at radius 2 is 2.22 bits per heavy atom. The quantitative estimate of drug-likeness (QED) is 0.504. The molecule has 9 heavy (non-hydrogen) atoms. The second-order valence-electron chi connectivity index (χ2n) is 2.23. The molecule has 0 aromatic rings. The second-order valence-corrected chi connectivity index (χ2v) is 2.23. The Balaban J connectivity index is 3.09. The Labute approximate surface area is 58.3 Å². The SMILES string of the molecule is C=C(C)C[CH]C=CCC. The van der Waals surface area contributed by atoms with Crippen LogP contribution in [0, 0.1) is 6.42 Å². The molecule has 0 aliphatic rings. The van der Waals surface area contributed by atoms with Gasteiger partial charge in [-0.15, -0.1) is 6.58 Å². The topological polar surface area (TPSA) is 0 Å². The van der Waals surface area contributed by atoms with Crippen LogP contribution in [0.5, 0.6) is 0 Å². The van der Waals surface area contributed by atoms with E-state index >= 15 is 0 Å². The molecule has 0 N–H and O–H groups in total. The standard InChI is InChI=1S/C9H15/c1-4-5-6-7-8-9(2)3/h5-7H,2,4,8H2,1,3H3. The molecular weight excluding hydrogens is 108 g/mol. The van der Waals surface area contributed by atoms with Gasteiger partial charge in [0.05, 0.1) is 0 Å². The maximum absolute atomic E-state index is 3.79. The summed E-state index contributed by atoms with van der Waals surface area (Å²) in [4.78, 5) is 0. The Hall–Kier alpha value is -0.520. The van der Waals surface area contributed by atoms with Crippen molar-refractivity contribution < 1.29 is 0 Å². The molecule has 0 aromatic carbocycles. The lowest BCUT2D eigenvalue weighted by Gasteiger charge is -1.90. The van der Waals surface area contributed by atoms with Crippen molar-refractivity contribution in [2.75, 3.05) is 0 Å². The number of hydrogen-bond donors (Lipinski definition) is 0.